The van der Waals surface area contributed by atoms with E-state index in [9.17, 15) is 4.79 Å². The molecule has 0 aromatic carbocycles. The molecule has 22 heavy (non-hydrogen) atoms. The molecule has 0 radical (unpaired) electrons. The van der Waals surface area contributed by atoms with Crippen LogP contribution in [0.4, 0.5) is 0 Å². The van der Waals surface area contributed by atoms with E-state index in [-0.39, 0.29) is 5.91 Å². The lowest BCUT2D eigenvalue weighted by Crippen LogP contribution is -2.47. The number of furan rings is 1. The van der Waals surface area contributed by atoms with Crippen LogP contribution in [0.3, 0.4) is 0 Å². The number of hydrogen-bond acceptors (Lipinski definition) is 5. The van der Waals surface area contributed by atoms with Crippen molar-refractivity contribution in [1.29, 1.82) is 0 Å². The summed E-state index contributed by atoms with van der Waals surface area (Å²) >= 11 is 1.53. The normalized spacial score (nSPS) is 16.0. The average molecular weight is 317 g/mol. The Hall–Kier alpha value is -1.79. The van der Waals surface area contributed by atoms with Gasteiger partial charge in [0, 0.05) is 39.3 Å². The Morgan fingerprint density at radius 3 is 2.73 bits per heavy atom. The first-order valence-corrected chi connectivity index (χ1v) is 8.18. The molecule has 116 valence electrons. The van der Waals surface area contributed by atoms with E-state index in [1.54, 1.807) is 13.1 Å². The molecule has 1 aliphatic heterocycles. The SMILES string of the molecule is CC(=O)N1CCN(Cc2ccc(Sc3ccccn3)o2)CC1. The molecule has 0 atom stereocenters. The highest BCUT2D eigenvalue weighted by Crippen LogP contribution is 2.27. The van der Waals surface area contributed by atoms with Crippen LogP contribution in [0, 0.1) is 0 Å². The third-order valence-corrected chi connectivity index (χ3v) is 4.55. The van der Waals surface area contributed by atoms with E-state index in [1.165, 1.54) is 11.8 Å². The van der Waals surface area contributed by atoms with Crippen LogP contribution >= 0.6 is 11.8 Å². The number of hydrogen-bond donors (Lipinski definition) is 0. The van der Waals surface area contributed by atoms with Crippen LogP contribution in [0.1, 0.15) is 12.7 Å². The first kappa shape index (κ1) is 15.1. The quantitative estimate of drug-likeness (QED) is 0.867. The topological polar surface area (TPSA) is 49.6 Å². The maximum atomic E-state index is 11.3. The van der Waals surface area contributed by atoms with Crippen molar-refractivity contribution in [3.8, 4) is 0 Å². The number of pyridine rings is 1. The van der Waals surface area contributed by atoms with Gasteiger partial charge in [0.2, 0.25) is 5.91 Å². The van der Waals surface area contributed by atoms with Gasteiger partial charge in [-0.1, -0.05) is 6.07 Å². The van der Waals surface area contributed by atoms with E-state index in [0.29, 0.717) is 0 Å². The number of aromatic nitrogens is 1. The van der Waals surface area contributed by atoms with Gasteiger partial charge in [0.1, 0.15) is 10.8 Å². The molecule has 0 saturated carbocycles. The Kier molecular flexibility index (Phi) is 4.80. The van der Waals surface area contributed by atoms with Crippen LogP contribution in [-0.2, 0) is 11.3 Å². The molecule has 0 unspecified atom stereocenters. The van der Waals surface area contributed by atoms with Gasteiger partial charge in [-0.25, -0.2) is 4.98 Å². The minimum absolute atomic E-state index is 0.159. The summed E-state index contributed by atoms with van der Waals surface area (Å²) in [7, 11) is 0. The van der Waals surface area contributed by atoms with Crippen LogP contribution in [0.2, 0.25) is 0 Å². The zero-order chi connectivity index (χ0) is 15.4. The van der Waals surface area contributed by atoms with Crippen molar-refractivity contribution in [3.63, 3.8) is 0 Å². The van der Waals surface area contributed by atoms with Crippen LogP contribution < -0.4 is 0 Å². The summed E-state index contributed by atoms with van der Waals surface area (Å²) in [6.07, 6.45) is 1.78. The largest absolute Gasteiger partial charge is 0.453 e. The van der Waals surface area contributed by atoms with Gasteiger partial charge in [-0.2, -0.15) is 0 Å². The summed E-state index contributed by atoms with van der Waals surface area (Å²) < 4.78 is 5.87. The molecule has 0 spiro atoms. The summed E-state index contributed by atoms with van der Waals surface area (Å²) in [5, 5.41) is 1.79. The van der Waals surface area contributed by atoms with Gasteiger partial charge in [0.05, 0.1) is 6.54 Å². The number of carbonyl (C=O) groups excluding carboxylic acids is 1. The smallest absolute Gasteiger partial charge is 0.219 e. The van der Waals surface area contributed by atoms with Crippen molar-refractivity contribution in [3.05, 3.63) is 42.3 Å². The summed E-state index contributed by atoms with van der Waals surface area (Å²) in [6.45, 7) is 5.79. The molecular weight excluding hydrogens is 298 g/mol. The van der Waals surface area contributed by atoms with Gasteiger partial charge >= 0.3 is 0 Å². The molecular formula is C16H19N3O2S. The molecule has 5 nitrogen and oxygen atoms in total. The molecule has 0 N–H and O–H groups in total. The van der Waals surface area contributed by atoms with Crippen molar-refractivity contribution in [1.82, 2.24) is 14.8 Å². The molecule has 1 saturated heterocycles. The molecule has 1 fully saturated rings. The predicted molar refractivity (Wildman–Crippen MR) is 84.6 cm³/mol. The fourth-order valence-corrected chi connectivity index (χ4v) is 3.20. The highest BCUT2D eigenvalue weighted by Gasteiger charge is 2.19. The lowest BCUT2D eigenvalue weighted by atomic mass is 10.3. The fourth-order valence-electron chi connectivity index (χ4n) is 2.45. The molecule has 2 aromatic heterocycles. The van der Waals surface area contributed by atoms with Crippen molar-refractivity contribution < 1.29 is 9.21 Å². The lowest BCUT2D eigenvalue weighted by Gasteiger charge is -2.33. The Labute approximate surface area is 134 Å². The van der Waals surface area contributed by atoms with E-state index in [4.69, 9.17) is 4.42 Å². The summed E-state index contributed by atoms with van der Waals surface area (Å²) in [5.74, 6) is 1.11. The maximum absolute atomic E-state index is 11.3. The van der Waals surface area contributed by atoms with Crippen molar-refractivity contribution >= 4 is 17.7 Å². The average Bonchev–Trinajstić information content (AvgIpc) is 2.96. The number of amides is 1. The Morgan fingerprint density at radius 2 is 2.05 bits per heavy atom. The van der Waals surface area contributed by atoms with Crippen LogP contribution in [0.25, 0.3) is 0 Å². The number of nitrogens with zero attached hydrogens (tertiary/aromatic N) is 3. The summed E-state index contributed by atoms with van der Waals surface area (Å²) in [5.41, 5.74) is 0. The summed E-state index contributed by atoms with van der Waals surface area (Å²) in [4.78, 5) is 19.8. The van der Waals surface area contributed by atoms with Crippen LogP contribution in [0.5, 0.6) is 0 Å². The molecule has 0 bridgehead atoms. The Morgan fingerprint density at radius 1 is 1.23 bits per heavy atom. The molecule has 3 rings (SSSR count). The monoisotopic (exact) mass is 317 g/mol. The first-order valence-electron chi connectivity index (χ1n) is 7.36. The van der Waals surface area contributed by atoms with Gasteiger partial charge in [-0.3, -0.25) is 9.69 Å². The maximum Gasteiger partial charge on any atom is 0.219 e. The molecule has 3 heterocycles. The molecule has 6 heteroatoms. The number of rotatable bonds is 4. The first-order chi connectivity index (χ1) is 10.7. The standard InChI is InChI=1S/C16H19N3O2S/c1-13(20)19-10-8-18(9-11-19)12-14-5-6-16(21-14)22-15-4-2-3-7-17-15/h2-7H,8-12H2,1H3. The second kappa shape index (κ2) is 6.98. The highest BCUT2D eigenvalue weighted by atomic mass is 32.2. The summed E-state index contributed by atoms with van der Waals surface area (Å²) in [6, 6.07) is 9.84. The molecule has 0 aliphatic carbocycles. The van der Waals surface area contributed by atoms with E-state index in [1.807, 2.05) is 35.2 Å². The van der Waals surface area contributed by atoms with Gasteiger partial charge in [0.15, 0.2) is 5.09 Å². The van der Waals surface area contributed by atoms with E-state index in [2.05, 4.69) is 9.88 Å². The lowest BCUT2D eigenvalue weighted by molar-refractivity contribution is -0.130. The molecule has 2 aromatic rings. The third-order valence-electron chi connectivity index (χ3n) is 3.68. The van der Waals surface area contributed by atoms with Crippen molar-refractivity contribution in [2.24, 2.45) is 0 Å². The van der Waals surface area contributed by atoms with Gasteiger partial charge in [-0.15, -0.1) is 0 Å². The van der Waals surface area contributed by atoms with Crippen LogP contribution in [0.15, 0.2) is 51.1 Å². The zero-order valence-electron chi connectivity index (χ0n) is 12.6. The van der Waals surface area contributed by atoms with Crippen molar-refractivity contribution in [2.45, 2.75) is 23.6 Å². The van der Waals surface area contributed by atoms with Crippen molar-refractivity contribution in [2.75, 3.05) is 26.2 Å². The van der Waals surface area contributed by atoms with Gasteiger partial charge < -0.3 is 9.32 Å². The fraction of sp³-hybridized carbons (Fsp3) is 0.375. The Balaban J connectivity index is 1.53. The Bertz CT molecular complexity index is 621. The van der Waals surface area contributed by atoms with Gasteiger partial charge in [-0.05, 0) is 36.0 Å². The van der Waals surface area contributed by atoms with E-state index < -0.39 is 0 Å². The zero-order valence-corrected chi connectivity index (χ0v) is 13.4. The second-order valence-corrected chi connectivity index (χ2v) is 6.30. The second-order valence-electron chi connectivity index (χ2n) is 5.27. The predicted octanol–water partition coefficient (Wildman–Crippen LogP) is 2.49. The van der Waals surface area contributed by atoms with E-state index >= 15 is 0 Å². The third kappa shape index (κ3) is 3.90. The van der Waals surface area contributed by atoms with E-state index in [0.717, 1.165) is 48.6 Å². The molecule has 1 aliphatic rings. The minimum Gasteiger partial charge on any atom is -0.453 e. The van der Waals surface area contributed by atoms with Gasteiger partial charge in [0.25, 0.3) is 0 Å². The molecule has 1 amide bonds. The number of carbonyl (C=O) groups is 1. The van der Waals surface area contributed by atoms with Crippen LogP contribution in [-0.4, -0.2) is 46.9 Å². The highest BCUT2D eigenvalue weighted by molar-refractivity contribution is 7.99. The minimum atomic E-state index is 0.159. The number of piperazine rings is 1.